The third kappa shape index (κ3) is 4.40. The Balaban J connectivity index is 1.34. The first kappa shape index (κ1) is 21.2. The summed E-state index contributed by atoms with van der Waals surface area (Å²) in [5.74, 6) is 1.99. The van der Waals surface area contributed by atoms with Crippen LogP contribution in [0.5, 0.6) is 0 Å². The minimum atomic E-state index is 0.554. The maximum atomic E-state index is 5.70. The van der Waals surface area contributed by atoms with E-state index in [1.54, 1.807) is 6.26 Å². The van der Waals surface area contributed by atoms with Crippen LogP contribution in [0.1, 0.15) is 24.0 Å². The topological polar surface area (TPSA) is 50.4 Å². The van der Waals surface area contributed by atoms with Gasteiger partial charge >= 0.3 is 0 Å². The smallest absolute Gasteiger partial charge is 0.152 e. The van der Waals surface area contributed by atoms with Crippen LogP contribution in [0.15, 0.2) is 101 Å². The number of rotatable bonds is 8. The molecule has 2 aliphatic rings. The first-order valence-corrected chi connectivity index (χ1v) is 11.9. The summed E-state index contributed by atoms with van der Waals surface area (Å²) in [5.41, 5.74) is 14.6. The van der Waals surface area contributed by atoms with E-state index in [1.165, 1.54) is 6.42 Å². The number of benzene rings is 2. The van der Waals surface area contributed by atoms with Crippen molar-refractivity contribution in [3.05, 3.63) is 103 Å². The molecule has 0 bridgehead atoms. The highest BCUT2D eigenvalue weighted by Crippen LogP contribution is 2.40. The average molecular weight is 456 g/mol. The number of pyridine rings is 1. The molecule has 6 rings (SSSR count). The lowest BCUT2D eigenvalue weighted by atomic mass is 9.97. The highest BCUT2D eigenvalue weighted by Gasteiger charge is 2.34. The monoisotopic (exact) mass is 455 g/mol. The number of aromatic nitrogens is 1. The summed E-state index contributed by atoms with van der Waals surface area (Å²) in [7, 11) is 0. The van der Waals surface area contributed by atoms with Crippen LogP contribution in [0.4, 0.5) is 5.69 Å². The number of nitrogens with one attached hydrogen (secondary N) is 1. The van der Waals surface area contributed by atoms with Crippen LogP contribution in [0.2, 0.25) is 0 Å². The predicted octanol–water partition coefficient (Wildman–Crippen LogP) is 7.92. The van der Waals surface area contributed by atoms with Crippen molar-refractivity contribution in [1.29, 1.82) is 0 Å². The highest BCUT2D eigenvalue weighted by molar-refractivity contribution is 5.86. The number of fused-ring (bicyclic) bond motifs is 1. The normalized spacial score (nSPS) is 17.6. The average Bonchev–Trinajstić information content (AvgIpc) is 3.28. The summed E-state index contributed by atoms with van der Waals surface area (Å²) in [6, 6.07) is 22.6. The molecule has 4 aromatic rings. The number of anilines is 1. The molecule has 35 heavy (non-hydrogen) atoms. The molecular formula is C31H25N3O. The molecule has 1 saturated carbocycles. The molecule has 0 radical (unpaired) electrons. The van der Waals surface area contributed by atoms with Gasteiger partial charge in [-0.1, -0.05) is 36.4 Å². The summed E-state index contributed by atoms with van der Waals surface area (Å²) >= 11 is 0. The van der Waals surface area contributed by atoms with Crippen molar-refractivity contribution in [2.45, 2.75) is 12.8 Å². The SMILES string of the molecule is C=CC[C@H]1CC1/C=N/Nc1cccc(-c2cc(-c3ccco3)nc(-c3cccc4c3C=C=C4)c2)c1. The number of hydrogen-bond acceptors (Lipinski definition) is 4. The molecular weight excluding hydrogens is 430 g/mol. The molecule has 2 atom stereocenters. The Kier molecular flexibility index (Phi) is 5.50. The summed E-state index contributed by atoms with van der Waals surface area (Å²) < 4.78 is 5.70. The van der Waals surface area contributed by atoms with E-state index in [2.05, 4.69) is 65.3 Å². The van der Waals surface area contributed by atoms with E-state index in [0.717, 1.165) is 57.1 Å². The second kappa shape index (κ2) is 9.09. The van der Waals surface area contributed by atoms with E-state index in [9.17, 15) is 0 Å². The highest BCUT2D eigenvalue weighted by atomic mass is 16.3. The first-order valence-electron chi connectivity index (χ1n) is 11.9. The fraction of sp³-hybridized carbons (Fsp3) is 0.129. The lowest BCUT2D eigenvalue weighted by Crippen LogP contribution is -1.94. The van der Waals surface area contributed by atoms with Crippen molar-refractivity contribution in [2.75, 3.05) is 5.43 Å². The van der Waals surface area contributed by atoms with Crippen molar-refractivity contribution in [3.63, 3.8) is 0 Å². The molecule has 2 aromatic carbocycles. The molecule has 0 spiro atoms. The number of nitrogens with zero attached hydrogens (tertiary/aromatic N) is 2. The van der Waals surface area contributed by atoms with Gasteiger partial charge in [0.1, 0.15) is 5.69 Å². The van der Waals surface area contributed by atoms with Gasteiger partial charge in [0, 0.05) is 11.8 Å². The molecule has 170 valence electrons. The summed E-state index contributed by atoms with van der Waals surface area (Å²) in [6.07, 6.45) is 12.0. The van der Waals surface area contributed by atoms with Gasteiger partial charge in [-0.2, -0.15) is 5.10 Å². The fourth-order valence-corrected chi connectivity index (χ4v) is 4.61. The number of furan rings is 1. The van der Waals surface area contributed by atoms with E-state index in [0.29, 0.717) is 11.8 Å². The second-order valence-electron chi connectivity index (χ2n) is 9.02. The molecule has 0 amide bonds. The quantitative estimate of drug-likeness (QED) is 0.112. The van der Waals surface area contributed by atoms with E-state index in [-0.39, 0.29) is 0 Å². The molecule has 2 aliphatic carbocycles. The summed E-state index contributed by atoms with van der Waals surface area (Å²) in [5, 5.41) is 4.48. The standard InChI is InChI=1S/C31H25N3O/c1-2-7-22-16-25(22)20-32-34-26-11-3-10-23(17-26)24-18-29(33-30(19-24)31-14-6-15-35-31)28-13-5-9-21-8-4-12-27(21)28/h2-3,5-6,8-15,17-20,22,25,34H,1,7,16H2/b32-20+/t22-,25?/m0/s1. The van der Waals surface area contributed by atoms with Crippen molar-refractivity contribution in [2.24, 2.45) is 16.9 Å². The Labute approximate surface area is 205 Å². The van der Waals surface area contributed by atoms with Gasteiger partial charge in [-0.25, -0.2) is 4.98 Å². The number of allylic oxidation sites excluding steroid dienone is 1. The maximum absolute atomic E-state index is 5.70. The van der Waals surface area contributed by atoms with Crippen molar-refractivity contribution in [3.8, 4) is 33.8 Å². The van der Waals surface area contributed by atoms with Crippen molar-refractivity contribution >= 4 is 24.1 Å². The zero-order valence-corrected chi connectivity index (χ0v) is 19.3. The Bertz CT molecular complexity index is 1490. The van der Waals surface area contributed by atoms with Crippen LogP contribution in [0, 0.1) is 11.8 Å². The molecule has 1 unspecified atom stereocenters. The third-order valence-electron chi connectivity index (χ3n) is 6.58. The van der Waals surface area contributed by atoms with E-state index in [1.807, 2.05) is 48.7 Å². The number of hydrogen-bond donors (Lipinski definition) is 1. The predicted molar refractivity (Wildman–Crippen MR) is 144 cm³/mol. The van der Waals surface area contributed by atoms with Crippen LogP contribution in [0.3, 0.4) is 0 Å². The zero-order chi connectivity index (χ0) is 23.6. The Morgan fingerprint density at radius 3 is 2.83 bits per heavy atom. The molecule has 1 N–H and O–H groups in total. The molecule has 4 nitrogen and oxygen atoms in total. The van der Waals surface area contributed by atoms with Gasteiger partial charge in [0.15, 0.2) is 5.76 Å². The van der Waals surface area contributed by atoms with Gasteiger partial charge in [0.25, 0.3) is 0 Å². The Morgan fingerprint density at radius 2 is 1.94 bits per heavy atom. The lowest BCUT2D eigenvalue weighted by Gasteiger charge is -2.12. The van der Waals surface area contributed by atoms with Gasteiger partial charge in [0.2, 0.25) is 0 Å². The van der Waals surface area contributed by atoms with E-state index < -0.39 is 0 Å². The Hall–Kier alpha value is -4.40. The molecule has 0 saturated heterocycles. The maximum Gasteiger partial charge on any atom is 0.152 e. The van der Waals surface area contributed by atoms with Gasteiger partial charge < -0.3 is 4.42 Å². The second-order valence-corrected chi connectivity index (χ2v) is 9.02. The summed E-state index contributed by atoms with van der Waals surface area (Å²) in [6.45, 7) is 3.83. The molecule has 2 aromatic heterocycles. The van der Waals surface area contributed by atoms with Crippen LogP contribution < -0.4 is 5.43 Å². The number of hydrazone groups is 1. The van der Waals surface area contributed by atoms with Gasteiger partial charge in [0.05, 0.1) is 17.6 Å². The van der Waals surface area contributed by atoms with Crippen molar-refractivity contribution in [1.82, 2.24) is 4.98 Å². The lowest BCUT2D eigenvalue weighted by molar-refractivity contribution is 0.580. The zero-order valence-electron chi connectivity index (χ0n) is 19.3. The molecule has 4 heteroatoms. The minimum Gasteiger partial charge on any atom is -0.463 e. The van der Waals surface area contributed by atoms with Crippen LogP contribution in [0.25, 0.3) is 46.0 Å². The first-order chi connectivity index (χ1) is 17.3. The van der Waals surface area contributed by atoms with Gasteiger partial charge in [-0.3, -0.25) is 5.43 Å². The summed E-state index contributed by atoms with van der Waals surface area (Å²) in [4.78, 5) is 4.97. The third-order valence-corrected chi connectivity index (χ3v) is 6.58. The fourth-order valence-electron chi connectivity index (χ4n) is 4.61. The van der Waals surface area contributed by atoms with Crippen LogP contribution in [-0.2, 0) is 0 Å². The molecule has 0 aliphatic heterocycles. The largest absolute Gasteiger partial charge is 0.463 e. The van der Waals surface area contributed by atoms with E-state index >= 15 is 0 Å². The minimum absolute atomic E-state index is 0.554. The van der Waals surface area contributed by atoms with Crippen molar-refractivity contribution < 1.29 is 4.42 Å². The molecule has 2 heterocycles. The van der Waals surface area contributed by atoms with Crippen LogP contribution >= 0.6 is 0 Å². The van der Waals surface area contributed by atoms with Crippen LogP contribution in [-0.4, -0.2) is 11.2 Å². The van der Waals surface area contributed by atoms with Gasteiger partial charge in [-0.15, -0.1) is 12.3 Å². The van der Waals surface area contributed by atoms with E-state index in [4.69, 9.17) is 9.40 Å². The Morgan fingerprint density at radius 1 is 1.03 bits per heavy atom. The molecule has 1 fully saturated rings. The van der Waals surface area contributed by atoms with Gasteiger partial charge in [-0.05, 0) is 95.5 Å².